The van der Waals surface area contributed by atoms with Crippen molar-refractivity contribution in [2.75, 3.05) is 19.7 Å². The standard InChI is InChI=1S/C24H25NO6/c1-2-13-29-24(28)16-5-7-17(8-6-16)31-21-15-30-23-18(22(21)27)9-10-20(26)19(23)14-25-11-3-4-12-25/h5-10,15,26H,2-4,11-14H2,1H3. The van der Waals surface area contributed by atoms with Crippen LogP contribution in [0.4, 0.5) is 0 Å². The summed E-state index contributed by atoms with van der Waals surface area (Å²) in [5.41, 5.74) is 1.07. The van der Waals surface area contributed by atoms with Gasteiger partial charge in [0.15, 0.2) is 0 Å². The molecule has 4 rings (SSSR count). The Morgan fingerprint density at radius 2 is 1.87 bits per heavy atom. The van der Waals surface area contributed by atoms with Crippen LogP contribution in [-0.2, 0) is 11.3 Å². The second kappa shape index (κ2) is 9.22. The molecule has 0 aliphatic carbocycles. The van der Waals surface area contributed by atoms with Gasteiger partial charge in [-0.25, -0.2) is 4.79 Å². The highest BCUT2D eigenvalue weighted by molar-refractivity contribution is 5.89. The van der Waals surface area contributed by atoms with Crippen LogP contribution in [0.2, 0.25) is 0 Å². The van der Waals surface area contributed by atoms with Gasteiger partial charge in [-0.15, -0.1) is 0 Å². The number of rotatable bonds is 7. The largest absolute Gasteiger partial charge is 0.507 e. The molecule has 2 heterocycles. The Bertz CT molecular complexity index is 1130. The van der Waals surface area contributed by atoms with Gasteiger partial charge in [0.05, 0.1) is 23.1 Å². The van der Waals surface area contributed by atoms with Crippen LogP contribution < -0.4 is 10.2 Å². The van der Waals surface area contributed by atoms with Crippen molar-refractivity contribution in [1.82, 2.24) is 4.90 Å². The molecule has 3 aromatic rings. The van der Waals surface area contributed by atoms with Crippen LogP contribution in [0.1, 0.15) is 42.1 Å². The highest BCUT2D eigenvalue weighted by Gasteiger charge is 2.19. The number of likely N-dealkylation sites (tertiary alicyclic amines) is 1. The van der Waals surface area contributed by atoms with Crippen molar-refractivity contribution in [3.8, 4) is 17.2 Å². The van der Waals surface area contributed by atoms with Gasteiger partial charge < -0.3 is 19.0 Å². The van der Waals surface area contributed by atoms with Crippen LogP contribution >= 0.6 is 0 Å². The van der Waals surface area contributed by atoms with Crippen LogP contribution in [0, 0.1) is 0 Å². The number of esters is 1. The molecule has 1 saturated heterocycles. The molecule has 1 fully saturated rings. The number of aromatic hydroxyl groups is 1. The number of benzene rings is 2. The van der Waals surface area contributed by atoms with E-state index in [1.165, 1.54) is 12.3 Å². The molecule has 1 aliphatic rings. The van der Waals surface area contributed by atoms with Gasteiger partial charge in [-0.3, -0.25) is 9.69 Å². The predicted octanol–water partition coefficient (Wildman–Crippen LogP) is 4.45. The summed E-state index contributed by atoms with van der Waals surface area (Å²) in [7, 11) is 0. The van der Waals surface area contributed by atoms with Crippen LogP contribution in [0.3, 0.4) is 0 Å². The molecule has 162 valence electrons. The van der Waals surface area contributed by atoms with E-state index in [0.29, 0.717) is 41.0 Å². The first kappa shape index (κ1) is 20.9. The van der Waals surface area contributed by atoms with Gasteiger partial charge >= 0.3 is 5.97 Å². The lowest BCUT2D eigenvalue weighted by Crippen LogP contribution is -2.19. The number of phenolic OH excluding ortho intramolecular Hbond substituents is 1. The summed E-state index contributed by atoms with van der Waals surface area (Å²) in [6.07, 6.45) is 4.27. The molecule has 0 radical (unpaired) electrons. The highest BCUT2D eigenvalue weighted by atomic mass is 16.5. The van der Waals surface area contributed by atoms with Gasteiger partial charge in [0, 0.05) is 6.54 Å². The van der Waals surface area contributed by atoms with E-state index in [2.05, 4.69) is 4.90 Å². The molecule has 0 saturated carbocycles. The van der Waals surface area contributed by atoms with Gasteiger partial charge in [-0.1, -0.05) is 6.92 Å². The van der Waals surface area contributed by atoms with Crippen molar-refractivity contribution in [2.45, 2.75) is 32.7 Å². The Balaban J connectivity index is 1.57. The number of carbonyl (C=O) groups excluding carboxylic acids is 1. The molecule has 0 atom stereocenters. The Labute approximate surface area is 179 Å². The lowest BCUT2D eigenvalue weighted by Gasteiger charge is -2.16. The van der Waals surface area contributed by atoms with Crippen molar-refractivity contribution in [3.63, 3.8) is 0 Å². The van der Waals surface area contributed by atoms with Crippen molar-refractivity contribution in [1.29, 1.82) is 0 Å². The summed E-state index contributed by atoms with van der Waals surface area (Å²) in [6.45, 7) is 4.75. The fraction of sp³-hybridized carbons (Fsp3) is 0.333. The molecule has 7 nitrogen and oxygen atoms in total. The van der Waals surface area contributed by atoms with E-state index in [1.54, 1.807) is 30.3 Å². The summed E-state index contributed by atoms with van der Waals surface area (Å²) in [4.78, 5) is 27.1. The molecule has 1 aliphatic heterocycles. The molecule has 1 N–H and O–H groups in total. The van der Waals surface area contributed by atoms with Crippen molar-refractivity contribution in [3.05, 3.63) is 64.0 Å². The molecule has 0 unspecified atom stereocenters. The summed E-state index contributed by atoms with van der Waals surface area (Å²) >= 11 is 0. The topological polar surface area (TPSA) is 89.2 Å². The highest BCUT2D eigenvalue weighted by Crippen LogP contribution is 2.30. The summed E-state index contributed by atoms with van der Waals surface area (Å²) < 4.78 is 16.5. The van der Waals surface area contributed by atoms with Gasteiger partial charge in [-0.05, 0) is 68.8 Å². The molecular formula is C24H25NO6. The Hall–Kier alpha value is -3.32. The zero-order valence-electron chi connectivity index (χ0n) is 17.4. The number of nitrogens with zero attached hydrogens (tertiary/aromatic N) is 1. The van der Waals surface area contributed by atoms with Crippen molar-refractivity contribution >= 4 is 16.9 Å². The Morgan fingerprint density at radius 3 is 2.58 bits per heavy atom. The second-order valence-corrected chi connectivity index (χ2v) is 7.61. The molecule has 1 aromatic heterocycles. The quantitative estimate of drug-likeness (QED) is 0.562. The average molecular weight is 423 g/mol. The first-order chi connectivity index (χ1) is 15.1. The van der Waals surface area contributed by atoms with Crippen LogP contribution in [-0.4, -0.2) is 35.7 Å². The number of carbonyl (C=O) groups is 1. The Kier molecular flexibility index (Phi) is 6.23. The van der Waals surface area contributed by atoms with Gasteiger partial charge in [0.1, 0.15) is 23.3 Å². The lowest BCUT2D eigenvalue weighted by molar-refractivity contribution is 0.0505. The summed E-state index contributed by atoms with van der Waals surface area (Å²) in [6, 6.07) is 9.43. The average Bonchev–Trinajstić information content (AvgIpc) is 3.29. The maximum absolute atomic E-state index is 13.0. The minimum Gasteiger partial charge on any atom is -0.507 e. The fourth-order valence-corrected chi connectivity index (χ4v) is 3.68. The molecule has 31 heavy (non-hydrogen) atoms. The number of hydrogen-bond donors (Lipinski definition) is 1. The SMILES string of the molecule is CCCOC(=O)c1ccc(Oc2coc3c(CN4CCCC4)c(O)ccc3c2=O)cc1. The first-order valence-corrected chi connectivity index (χ1v) is 10.5. The van der Waals surface area contributed by atoms with E-state index in [4.69, 9.17) is 13.9 Å². The van der Waals surface area contributed by atoms with Crippen molar-refractivity contribution in [2.24, 2.45) is 0 Å². The van der Waals surface area contributed by atoms with Gasteiger partial charge in [0.25, 0.3) is 0 Å². The van der Waals surface area contributed by atoms with E-state index in [9.17, 15) is 14.7 Å². The number of fused-ring (bicyclic) bond motifs is 1. The zero-order chi connectivity index (χ0) is 21.8. The van der Waals surface area contributed by atoms with E-state index < -0.39 is 5.97 Å². The van der Waals surface area contributed by atoms with Gasteiger partial charge in [0.2, 0.25) is 11.2 Å². The predicted molar refractivity (Wildman–Crippen MR) is 116 cm³/mol. The van der Waals surface area contributed by atoms with Gasteiger partial charge in [-0.2, -0.15) is 0 Å². The molecule has 2 aromatic carbocycles. The number of ether oxygens (including phenoxy) is 2. The molecule has 7 heteroatoms. The maximum atomic E-state index is 13.0. The summed E-state index contributed by atoms with van der Waals surface area (Å²) in [5, 5.41) is 10.7. The third-order valence-corrected chi connectivity index (χ3v) is 5.32. The summed E-state index contributed by atoms with van der Waals surface area (Å²) in [5.74, 6) is 0.145. The zero-order valence-corrected chi connectivity index (χ0v) is 17.4. The number of hydrogen-bond acceptors (Lipinski definition) is 7. The smallest absolute Gasteiger partial charge is 0.338 e. The molecule has 0 bridgehead atoms. The van der Waals surface area contributed by atoms with E-state index in [-0.39, 0.29) is 16.9 Å². The van der Waals surface area contributed by atoms with Crippen molar-refractivity contribution < 1.29 is 23.8 Å². The minimum atomic E-state index is -0.399. The normalized spacial score (nSPS) is 14.1. The van der Waals surface area contributed by atoms with E-state index in [1.807, 2.05) is 6.92 Å². The first-order valence-electron chi connectivity index (χ1n) is 10.5. The Morgan fingerprint density at radius 1 is 1.13 bits per heavy atom. The third kappa shape index (κ3) is 4.56. The minimum absolute atomic E-state index is 0.0339. The molecular weight excluding hydrogens is 398 g/mol. The lowest BCUT2D eigenvalue weighted by atomic mass is 10.1. The molecule has 0 spiro atoms. The van der Waals surface area contributed by atoms with Crippen LogP contribution in [0.5, 0.6) is 17.2 Å². The number of phenols is 1. The monoisotopic (exact) mass is 423 g/mol. The van der Waals surface area contributed by atoms with E-state index in [0.717, 1.165) is 32.4 Å². The second-order valence-electron chi connectivity index (χ2n) is 7.61. The maximum Gasteiger partial charge on any atom is 0.338 e. The fourth-order valence-electron chi connectivity index (χ4n) is 3.68. The van der Waals surface area contributed by atoms with Crippen LogP contribution in [0.25, 0.3) is 11.0 Å². The third-order valence-electron chi connectivity index (χ3n) is 5.32. The molecule has 0 amide bonds. The van der Waals surface area contributed by atoms with E-state index >= 15 is 0 Å². The van der Waals surface area contributed by atoms with Crippen LogP contribution in [0.15, 0.2) is 51.9 Å².